The molecule has 0 aliphatic carbocycles. The first-order valence-corrected chi connectivity index (χ1v) is 6.29. The normalized spacial score (nSPS) is 12.6. The first-order valence-electron chi connectivity index (χ1n) is 6.29. The van der Waals surface area contributed by atoms with Crippen LogP contribution in [-0.2, 0) is 5.41 Å². The molecule has 17 heavy (non-hydrogen) atoms. The SMILES string of the molecule is CC(C)(CN)CNc1ccc(C(C)(C)C)cc1. The van der Waals surface area contributed by atoms with Gasteiger partial charge in [0.05, 0.1) is 0 Å². The molecular weight excluding hydrogens is 208 g/mol. The lowest BCUT2D eigenvalue weighted by atomic mass is 9.87. The van der Waals surface area contributed by atoms with Crippen molar-refractivity contribution in [2.45, 2.75) is 40.0 Å². The van der Waals surface area contributed by atoms with E-state index in [-0.39, 0.29) is 10.8 Å². The van der Waals surface area contributed by atoms with Gasteiger partial charge in [0.15, 0.2) is 0 Å². The van der Waals surface area contributed by atoms with Crippen molar-refractivity contribution >= 4 is 5.69 Å². The molecular formula is C15H26N2. The predicted octanol–water partition coefficient (Wildman–Crippen LogP) is 3.38. The number of nitrogens with one attached hydrogen (secondary N) is 1. The van der Waals surface area contributed by atoms with Crippen molar-refractivity contribution in [1.82, 2.24) is 0 Å². The van der Waals surface area contributed by atoms with E-state index >= 15 is 0 Å². The van der Waals surface area contributed by atoms with Crippen LogP contribution < -0.4 is 11.1 Å². The molecule has 96 valence electrons. The Kier molecular flexibility index (Phi) is 4.21. The van der Waals surface area contributed by atoms with E-state index in [4.69, 9.17) is 5.73 Å². The molecule has 0 aliphatic heterocycles. The fourth-order valence-corrected chi connectivity index (χ4v) is 1.50. The Bertz CT molecular complexity index is 344. The molecule has 0 aromatic heterocycles. The van der Waals surface area contributed by atoms with E-state index in [9.17, 15) is 0 Å². The van der Waals surface area contributed by atoms with Crippen LogP contribution in [0.4, 0.5) is 5.69 Å². The standard InChI is InChI=1S/C15H26N2/c1-14(2,3)12-6-8-13(9-7-12)17-11-15(4,5)10-16/h6-9,17H,10-11,16H2,1-5H3. The number of hydrogen-bond acceptors (Lipinski definition) is 2. The molecule has 2 heteroatoms. The minimum Gasteiger partial charge on any atom is -0.384 e. The van der Waals surface area contributed by atoms with Crippen LogP contribution in [0.1, 0.15) is 40.2 Å². The van der Waals surface area contributed by atoms with Crippen molar-refractivity contribution in [1.29, 1.82) is 0 Å². The molecule has 1 rings (SSSR count). The van der Waals surface area contributed by atoms with E-state index in [1.165, 1.54) is 11.3 Å². The third-order valence-electron chi connectivity index (χ3n) is 3.07. The molecule has 0 aliphatic rings. The average molecular weight is 234 g/mol. The van der Waals surface area contributed by atoms with Gasteiger partial charge in [0.2, 0.25) is 0 Å². The smallest absolute Gasteiger partial charge is 0.0340 e. The van der Waals surface area contributed by atoms with Crippen LogP contribution >= 0.6 is 0 Å². The van der Waals surface area contributed by atoms with Gasteiger partial charge in [-0.05, 0) is 35.1 Å². The second-order valence-electron chi connectivity index (χ2n) is 6.55. The lowest BCUT2D eigenvalue weighted by molar-refractivity contribution is 0.405. The third kappa shape index (κ3) is 4.39. The van der Waals surface area contributed by atoms with Crippen LogP contribution in [0.3, 0.4) is 0 Å². The van der Waals surface area contributed by atoms with E-state index in [1.807, 2.05) is 0 Å². The first-order chi connectivity index (χ1) is 7.74. The molecule has 0 amide bonds. The van der Waals surface area contributed by atoms with Gasteiger partial charge < -0.3 is 11.1 Å². The number of benzene rings is 1. The Morgan fingerprint density at radius 3 is 1.94 bits per heavy atom. The first kappa shape index (κ1) is 14.0. The Labute approximate surface area is 106 Å². The molecule has 0 radical (unpaired) electrons. The molecule has 2 nitrogen and oxygen atoms in total. The molecule has 0 unspecified atom stereocenters. The van der Waals surface area contributed by atoms with E-state index in [1.54, 1.807) is 0 Å². The van der Waals surface area contributed by atoms with Gasteiger partial charge in [-0.15, -0.1) is 0 Å². The molecule has 1 aromatic rings. The van der Waals surface area contributed by atoms with Gasteiger partial charge in [0.25, 0.3) is 0 Å². The highest BCUT2D eigenvalue weighted by atomic mass is 14.9. The summed E-state index contributed by atoms with van der Waals surface area (Å²) >= 11 is 0. The monoisotopic (exact) mass is 234 g/mol. The van der Waals surface area contributed by atoms with Crippen LogP contribution in [0.25, 0.3) is 0 Å². The zero-order chi connectivity index (χ0) is 13.1. The number of rotatable bonds is 4. The maximum absolute atomic E-state index is 5.71. The highest BCUT2D eigenvalue weighted by molar-refractivity contribution is 5.45. The summed E-state index contributed by atoms with van der Waals surface area (Å²) in [4.78, 5) is 0. The molecule has 1 aromatic carbocycles. The molecule has 0 saturated carbocycles. The molecule has 3 N–H and O–H groups in total. The summed E-state index contributed by atoms with van der Waals surface area (Å²) < 4.78 is 0. The fraction of sp³-hybridized carbons (Fsp3) is 0.600. The Balaban J connectivity index is 2.64. The molecule has 0 saturated heterocycles. The lowest BCUT2D eigenvalue weighted by Gasteiger charge is -2.24. The van der Waals surface area contributed by atoms with Gasteiger partial charge in [-0.1, -0.05) is 46.8 Å². The zero-order valence-corrected chi connectivity index (χ0v) is 11.8. The Hall–Kier alpha value is -1.02. The summed E-state index contributed by atoms with van der Waals surface area (Å²) in [6.45, 7) is 12.6. The lowest BCUT2D eigenvalue weighted by Crippen LogP contribution is -2.31. The maximum atomic E-state index is 5.71. The number of nitrogens with two attached hydrogens (primary N) is 1. The largest absolute Gasteiger partial charge is 0.384 e. The van der Waals surface area contributed by atoms with Gasteiger partial charge in [-0.2, -0.15) is 0 Å². The molecule has 0 bridgehead atoms. The number of anilines is 1. The third-order valence-corrected chi connectivity index (χ3v) is 3.07. The number of hydrogen-bond donors (Lipinski definition) is 2. The minimum absolute atomic E-state index is 0.142. The second-order valence-corrected chi connectivity index (χ2v) is 6.55. The predicted molar refractivity (Wildman–Crippen MR) is 76.5 cm³/mol. The van der Waals surface area contributed by atoms with Crippen molar-refractivity contribution in [2.24, 2.45) is 11.1 Å². The van der Waals surface area contributed by atoms with Gasteiger partial charge in [0, 0.05) is 12.2 Å². The van der Waals surface area contributed by atoms with Crippen molar-refractivity contribution in [2.75, 3.05) is 18.4 Å². The molecule has 0 fully saturated rings. The van der Waals surface area contributed by atoms with Gasteiger partial charge in [0.1, 0.15) is 0 Å². The summed E-state index contributed by atoms with van der Waals surface area (Å²) in [5.41, 5.74) is 8.60. The van der Waals surface area contributed by atoms with Crippen molar-refractivity contribution < 1.29 is 0 Å². The highest BCUT2D eigenvalue weighted by Gasteiger charge is 2.15. The fourth-order valence-electron chi connectivity index (χ4n) is 1.50. The summed E-state index contributed by atoms with van der Waals surface area (Å²) in [6, 6.07) is 8.68. The second kappa shape index (κ2) is 5.09. The highest BCUT2D eigenvalue weighted by Crippen LogP contribution is 2.24. The van der Waals surface area contributed by atoms with E-state index in [0.717, 1.165) is 6.54 Å². The quantitative estimate of drug-likeness (QED) is 0.838. The van der Waals surface area contributed by atoms with Crippen molar-refractivity contribution in [3.8, 4) is 0 Å². The van der Waals surface area contributed by atoms with E-state index in [0.29, 0.717) is 6.54 Å². The molecule has 0 atom stereocenters. The minimum atomic E-state index is 0.142. The average Bonchev–Trinajstić information content (AvgIpc) is 2.26. The van der Waals surface area contributed by atoms with Crippen LogP contribution in [-0.4, -0.2) is 13.1 Å². The summed E-state index contributed by atoms with van der Waals surface area (Å²) in [5, 5.41) is 3.43. The van der Waals surface area contributed by atoms with Crippen LogP contribution in [0.5, 0.6) is 0 Å². The molecule has 0 heterocycles. The van der Waals surface area contributed by atoms with Gasteiger partial charge in [-0.3, -0.25) is 0 Å². The summed E-state index contributed by atoms with van der Waals surface area (Å²) in [5.74, 6) is 0. The summed E-state index contributed by atoms with van der Waals surface area (Å²) in [6.07, 6.45) is 0. The van der Waals surface area contributed by atoms with Crippen LogP contribution in [0.2, 0.25) is 0 Å². The van der Waals surface area contributed by atoms with E-state index in [2.05, 4.69) is 64.2 Å². The van der Waals surface area contributed by atoms with Gasteiger partial charge >= 0.3 is 0 Å². The van der Waals surface area contributed by atoms with Gasteiger partial charge in [-0.25, -0.2) is 0 Å². The van der Waals surface area contributed by atoms with Crippen LogP contribution in [0.15, 0.2) is 24.3 Å². The Morgan fingerprint density at radius 2 is 1.53 bits per heavy atom. The topological polar surface area (TPSA) is 38.0 Å². The maximum Gasteiger partial charge on any atom is 0.0340 e. The van der Waals surface area contributed by atoms with Crippen molar-refractivity contribution in [3.63, 3.8) is 0 Å². The summed E-state index contributed by atoms with van der Waals surface area (Å²) in [7, 11) is 0. The van der Waals surface area contributed by atoms with E-state index < -0.39 is 0 Å². The zero-order valence-electron chi connectivity index (χ0n) is 11.8. The van der Waals surface area contributed by atoms with Crippen LogP contribution in [0, 0.1) is 5.41 Å². The van der Waals surface area contributed by atoms with Crippen molar-refractivity contribution in [3.05, 3.63) is 29.8 Å². The Morgan fingerprint density at radius 1 is 1.00 bits per heavy atom. The molecule has 0 spiro atoms.